The molecule has 1 rings (SSSR count). The molecule has 0 radical (unpaired) electrons. The fourth-order valence-corrected chi connectivity index (χ4v) is 1.41. The van der Waals surface area contributed by atoms with Crippen LogP contribution in [-0.4, -0.2) is 17.9 Å². The number of hydrogen-bond acceptors (Lipinski definition) is 2. The molecule has 15 heavy (non-hydrogen) atoms. The molecule has 0 atom stereocenters. The van der Waals surface area contributed by atoms with E-state index in [9.17, 15) is 4.79 Å². The molecule has 82 valence electrons. The SMILES string of the molecule is O=C(O)OCCCCCc1ccccc1. The van der Waals surface area contributed by atoms with E-state index in [-0.39, 0.29) is 0 Å². The minimum atomic E-state index is -1.18. The lowest BCUT2D eigenvalue weighted by Gasteiger charge is -2.01. The number of hydrogen-bond donors (Lipinski definition) is 1. The van der Waals surface area contributed by atoms with E-state index in [2.05, 4.69) is 16.9 Å². The molecule has 3 nitrogen and oxygen atoms in total. The van der Waals surface area contributed by atoms with Crippen molar-refractivity contribution < 1.29 is 14.6 Å². The molecule has 0 unspecified atom stereocenters. The van der Waals surface area contributed by atoms with E-state index in [1.807, 2.05) is 18.2 Å². The zero-order valence-corrected chi connectivity index (χ0v) is 8.69. The van der Waals surface area contributed by atoms with E-state index in [0.29, 0.717) is 6.61 Å². The molecule has 0 fully saturated rings. The molecule has 0 bridgehead atoms. The molecule has 0 aliphatic heterocycles. The van der Waals surface area contributed by atoms with Crippen LogP contribution in [0, 0.1) is 0 Å². The zero-order chi connectivity index (χ0) is 10.9. The standard InChI is InChI=1S/C12H16O3/c13-12(14)15-10-6-2-5-9-11-7-3-1-4-8-11/h1,3-4,7-8H,2,5-6,9-10H2,(H,13,14). The Hall–Kier alpha value is -1.51. The Morgan fingerprint density at radius 2 is 1.87 bits per heavy atom. The van der Waals surface area contributed by atoms with Crippen LogP contribution < -0.4 is 0 Å². The Bertz CT molecular complexity index is 282. The molecule has 0 aromatic heterocycles. The maximum atomic E-state index is 10.0. The van der Waals surface area contributed by atoms with Crippen molar-refractivity contribution in [2.24, 2.45) is 0 Å². The third-order valence-electron chi connectivity index (χ3n) is 2.18. The Morgan fingerprint density at radius 3 is 2.53 bits per heavy atom. The molecule has 1 aromatic carbocycles. The van der Waals surface area contributed by atoms with Crippen molar-refractivity contribution in [2.75, 3.05) is 6.61 Å². The van der Waals surface area contributed by atoms with E-state index in [1.54, 1.807) is 0 Å². The van der Waals surface area contributed by atoms with Gasteiger partial charge in [0.15, 0.2) is 0 Å². The van der Waals surface area contributed by atoms with Crippen molar-refractivity contribution in [1.29, 1.82) is 0 Å². The topological polar surface area (TPSA) is 46.5 Å². The van der Waals surface area contributed by atoms with Gasteiger partial charge in [0, 0.05) is 0 Å². The van der Waals surface area contributed by atoms with Gasteiger partial charge in [0.2, 0.25) is 0 Å². The second-order valence-corrected chi connectivity index (χ2v) is 3.41. The summed E-state index contributed by atoms with van der Waals surface area (Å²) >= 11 is 0. The van der Waals surface area contributed by atoms with Crippen LogP contribution in [-0.2, 0) is 11.2 Å². The van der Waals surface area contributed by atoms with Gasteiger partial charge < -0.3 is 9.84 Å². The summed E-state index contributed by atoms with van der Waals surface area (Å²) in [7, 11) is 0. The number of carboxylic acid groups (broad SMARTS) is 1. The van der Waals surface area contributed by atoms with Crippen molar-refractivity contribution in [3.63, 3.8) is 0 Å². The molecular formula is C12H16O3. The Morgan fingerprint density at radius 1 is 1.13 bits per heavy atom. The molecule has 0 saturated carbocycles. The Balaban J connectivity index is 2.00. The maximum absolute atomic E-state index is 10.0. The lowest BCUT2D eigenvalue weighted by molar-refractivity contribution is 0.0900. The van der Waals surface area contributed by atoms with Gasteiger partial charge in [-0.25, -0.2) is 4.79 Å². The van der Waals surface area contributed by atoms with E-state index in [1.165, 1.54) is 5.56 Å². The quantitative estimate of drug-likeness (QED) is 0.577. The first-order chi connectivity index (χ1) is 7.29. The summed E-state index contributed by atoms with van der Waals surface area (Å²) in [4.78, 5) is 10.0. The molecule has 0 amide bonds. The highest BCUT2D eigenvalue weighted by atomic mass is 16.7. The van der Waals surface area contributed by atoms with E-state index in [4.69, 9.17) is 5.11 Å². The van der Waals surface area contributed by atoms with Crippen LogP contribution in [0.2, 0.25) is 0 Å². The van der Waals surface area contributed by atoms with Gasteiger partial charge in [0.1, 0.15) is 0 Å². The molecule has 3 heteroatoms. The summed E-state index contributed by atoms with van der Waals surface area (Å²) in [5.74, 6) is 0. The monoisotopic (exact) mass is 208 g/mol. The normalized spacial score (nSPS) is 9.87. The number of rotatable bonds is 6. The van der Waals surface area contributed by atoms with Gasteiger partial charge in [-0.1, -0.05) is 30.3 Å². The number of carbonyl (C=O) groups is 1. The molecular weight excluding hydrogens is 192 g/mol. The molecule has 1 N–H and O–H groups in total. The molecule has 0 aliphatic carbocycles. The van der Waals surface area contributed by atoms with Gasteiger partial charge in [-0.3, -0.25) is 0 Å². The average molecular weight is 208 g/mol. The van der Waals surface area contributed by atoms with Gasteiger partial charge in [0.05, 0.1) is 6.61 Å². The van der Waals surface area contributed by atoms with Gasteiger partial charge >= 0.3 is 6.16 Å². The summed E-state index contributed by atoms with van der Waals surface area (Å²) in [5.41, 5.74) is 1.33. The third kappa shape index (κ3) is 5.73. The van der Waals surface area contributed by atoms with Gasteiger partial charge in [-0.05, 0) is 31.2 Å². The van der Waals surface area contributed by atoms with Crippen LogP contribution in [0.5, 0.6) is 0 Å². The summed E-state index contributed by atoms with van der Waals surface area (Å²) in [5, 5.41) is 8.23. The first-order valence-electron chi connectivity index (χ1n) is 5.18. The molecule has 0 heterocycles. The van der Waals surface area contributed by atoms with Crippen molar-refractivity contribution in [2.45, 2.75) is 25.7 Å². The van der Waals surface area contributed by atoms with E-state index >= 15 is 0 Å². The highest BCUT2D eigenvalue weighted by Crippen LogP contribution is 2.06. The van der Waals surface area contributed by atoms with Crippen LogP contribution in [0.3, 0.4) is 0 Å². The third-order valence-corrected chi connectivity index (χ3v) is 2.18. The number of ether oxygens (including phenoxy) is 1. The van der Waals surface area contributed by atoms with Crippen molar-refractivity contribution in [1.82, 2.24) is 0 Å². The predicted octanol–water partition coefficient (Wildman–Crippen LogP) is 3.09. The van der Waals surface area contributed by atoms with E-state index < -0.39 is 6.16 Å². The van der Waals surface area contributed by atoms with Crippen molar-refractivity contribution >= 4 is 6.16 Å². The summed E-state index contributed by atoms with van der Waals surface area (Å²) in [6.07, 6.45) is 2.75. The number of benzene rings is 1. The fraction of sp³-hybridized carbons (Fsp3) is 0.417. The highest BCUT2D eigenvalue weighted by molar-refractivity contribution is 5.56. The van der Waals surface area contributed by atoms with Crippen LogP contribution >= 0.6 is 0 Å². The summed E-state index contributed by atoms with van der Waals surface area (Å²) in [6.45, 7) is 0.310. The van der Waals surface area contributed by atoms with Gasteiger partial charge in [-0.2, -0.15) is 0 Å². The maximum Gasteiger partial charge on any atom is 0.505 e. The van der Waals surface area contributed by atoms with Crippen LogP contribution in [0.1, 0.15) is 24.8 Å². The van der Waals surface area contributed by atoms with Crippen LogP contribution in [0.15, 0.2) is 30.3 Å². The minimum Gasteiger partial charge on any atom is -0.450 e. The number of unbranched alkanes of at least 4 members (excludes halogenated alkanes) is 2. The van der Waals surface area contributed by atoms with Crippen LogP contribution in [0.4, 0.5) is 4.79 Å². The fourth-order valence-electron chi connectivity index (χ4n) is 1.41. The summed E-state index contributed by atoms with van der Waals surface area (Å²) < 4.78 is 4.41. The second-order valence-electron chi connectivity index (χ2n) is 3.41. The molecule has 0 saturated heterocycles. The second kappa shape index (κ2) is 6.87. The molecule has 0 aliphatic rings. The van der Waals surface area contributed by atoms with Crippen LogP contribution in [0.25, 0.3) is 0 Å². The Kier molecular flexibility index (Phi) is 5.30. The van der Waals surface area contributed by atoms with Gasteiger partial charge in [-0.15, -0.1) is 0 Å². The largest absolute Gasteiger partial charge is 0.505 e. The summed E-state index contributed by atoms with van der Waals surface area (Å²) in [6, 6.07) is 10.3. The first-order valence-corrected chi connectivity index (χ1v) is 5.18. The van der Waals surface area contributed by atoms with Gasteiger partial charge in [0.25, 0.3) is 0 Å². The molecule has 0 spiro atoms. The van der Waals surface area contributed by atoms with Crippen molar-refractivity contribution in [3.8, 4) is 0 Å². The minimum absolute atomic E-state index is 0.310. The van der Waals surface area contributed by atoms with E-state index in [0.717, 1.165) is 25.7 Å². The first kappa shape index (κ1) is 11.6. The zero-order valence-electron chi connectivity index (χ0n) is 8.69. The predicted molar refractivity (Wildman–Crippen MR) is 58.0 cm³/mol. The number of aryl methyl sites for hydroxylation is 1. The smallest absolute Gasteiger partial charge is 0.450 e. The molecule has 1 aromatic rings. The lowest BCUT2D eigenvalue weighted by atomic mass is 10.1. The average Bonchev–Trinajstić information content (AvgIpc) is 2.24. The Labute approximate surface area is 89.7 Å². The van der Waals surface area contributed by atoms with Crippen molar-refractivity contribution in [3.05, 3.63) is 35.9 Å². The highest BCUT2D eigenvalue weighted by Gasteiger charge is 1.96. The lowest BCUT2D eigenvalue weighted by Crippen LogP contribution is -2.01.